The quantitative estimate of drug-likeness (QED) is 0.306. The van der Waals surface area contributed by atoms with Gasteiger partial charge in [0.1, 0.15) is 5.75 Å². The van der Waals surface area contributed by atoms with Gasteiger partial charge in [0.05, 0.1) is 16.1 Å². The number of nitro groups is 1. The van der Waals surface area contributed by atoms with E-state index in [9.17, 15) is 15.2 Å². The summed E-state index contributed by atoms with van der Waals surface area (Å²) in [5.41, 5.74) is 4.24. The third kappa shape index (κ3) is 2.35. The maximum Gasteiger partial charge on any atom is 0.270 e. The molecule has 1 aliphatic rings. The van der Waals surface area contributed by atoms with E-state index in [1.807, 2.05) is 24.3 Å². The lowest BCUT2D eigenvalue weighted by Crippen LogP contribution is -1.97. The minimum Gasteiger partial charge on any atom is -0.507 e. The maximum atomic E-state index is 11.2. The van der Waals surface area contributed by atoms with E-state index in [1.54, 1.807) is 0 Å². The zero-order chi connectivity index (χ0) is 18.5. The first kappa shape index (κ1) is 15.8. The van der Waals surface area contributed by atoms with Crippen molar-refractivity contribution in [1.29, 1.82) is 0 Å². The lowest BCUT2D eigenvalue weighted by molar-refractivity contribution is -0.384. The molecule has 3 aromatic carbocycles. The minimum absolute atomic E-state index is 0.0161. The van der Waals surface area contributed by atoms with Gasteiger partial charge in [-0.2, -0.15) is 0 Å². The molecule has 0 bridgehead atoms. The van der Waals surface area contributed by atoms with Gasteiger partial charge in [0.25, 0.3) is 5.69 Å². The Labute approximate surface area is 155 Å². The molecule has 27 heavy (non-hydrogen) atoms. The Morgan fingerprint density at radius 3 is 2.67 bits per heavy atom. The second-order valence-electron chi connectivity index (χ2n) is 6.91. The number of aryl methyl sites for hydroxylation is 1. The highest BCUT2D eigenvalue weighted by molar-refractivity contribution is 6.09. The number of aromatic nitrogens is 1. The molecule has 1 aromatic heterocycles. The van der Waals surface area contributed by atoms with Gasteiger partial charge in [0, 0.05) is 23.1 Å². The van der Waals surface area contributed by atoms with E-state index in [0.29, 0.717) is 11.3 Å². The van der Waals surface area contributed by atoms with Crippen LogP contribution in [0.2, 0.25) is 0 Å². The summed E-state index contributed by atoms with van der Waals surface area (Å²) in [6, 6.07) is 16.4. The molecule has 0 atom stereocenters. The first-order valence-corrected chi connectivity index (χ1v) is 8.94. The summed E-state index contributed by atoms with van der Waals surface area (Å²) in [5, 5.41) is 25.1. The molecule has 0 amide bonds. The summed E-state index contributed by atoms with van der Waals surface area (Å²) in [5.74, 6) is 0.0161. The van der Waals surface area contributed by atoms with E-state index in [0.717, 1.165) is 35.7 Å². The number of rotatable bonds is 2. The highest BCUT2D eigenvalue weighted by Crippen LogP contribution is 2.41. The number of benzene rings is 3. The molecule has 0 spiro atoms. The Hall–Kier alpha value is -3.47. The van der Waals surface area contributed by atoms with Gasteiger partial charge in [0.15, 0.2) is 0 Å². The van der Waals surface area contributed by atoms with Crippen LogP contribution < -0.4 is 0 Å². The Morgan fingerprint density at radius 2 is 1.81 bits per heavy atom. The lowest BCUT2D eigenvalue weighted by atomic mass is 9.95. The average molecular weight is 356 g/mol. The molecule has 1 N–H and O–H groups in total. The van der Waals surface area contributed by atoms with E-state index in [2.05, 4.69) is 12.1 Å². The van der Waals surface area contributed by atoms with Gasteiger partial charge in [-0.25, -0.2) is 4.98 Å². The van der Waals surface area contributed by atoms with Crippen molar-refractivity contribution in [3.8, 4) is 17.0 Å². The molecule has 5 heteroatoms. The average Bonchev–Trinajstić information content (AvgIpc) is 3.17. The first-order valence-electron chi connectivity index (χ1n) is 8.94. The number of non-ortho nitro benzene ring substituents is 1. The molecule has 1 aliphatic carbocycles. The molecule has 132 valence electrons. The van der Waals surface area contributed by atoms with Gasteiger partial charge < -0.3 is 5.11 Å². The fourth-order valence-electron chi connectivity index (χ4n) is 4.19. The topological polar surface area (TPSA) is 76.3 Å². The fourth-order valence-corrected chi connectivity index (χ4v) is 4.19. The van der Waals surface area contributed by atoms with E-state index < -0.39 is 4.92 Å². The molecular weight excluding hydrogens is 340 g/mol. The molecule has 5 rings (SSSR count). The molecule has 0 fully saturated rings. The molecule has 0 aliphatic heterocycles. The van der Waals surface area contributed by atoms with Crippen molar-refractivity contribution in [2.75, 3.05) is 0 Å². The number of hydrogen-bond donors (Lipinski definition) is 1. The largest absolute Gasteiger partial charge is 0.507 e. The van der Waals surface area contributed by atoms with Crippen molar-refractivity contribution < 1.29 is 10.0 Å². The maximum absolute atomic E-state index is 11.2. The van der Waals surface area contributed by atoms with Crippen LogP contribution >= 0.6 is 0 Å². The van der Waals surface area contributed by atoms with E-state index in [-0.39, 0.29) is 11.4 Å². The van der Waals surface area contributed by atoms with Crippen molar-refractivity contribution in [2.24, 2.45) is 0 Å². The summed E-state index contributed by atoms with van der Waals surface area (Å²) in [6.07, 6.45) is 2.83. The van der Waals surface area contributed by atoms with Gasteiger partial charge in [-0.05, 0) is 53.3 Å². The summed E-state index contributed by atoms with van der Waals surface area (Å²) in [6.45, 7) is 0. The second-order valence-corrected chi connectivity index (χ2v) is 6.91. The van der Waals surface area contributed by atoms with Crippen molar-refractivity contribution in [3.63, 3.8) is 0 Å². The minimum atomic E-state index is -0.447. The zero-order valence-corrected chi connectivity index (χ0v) is 14.5. The molecule has 0 saturated carbocycles. The van der Waals surface area contributed by atoms with Crippen LogP contribution in [0.3, 0.4) is 0 Å². The predicted molar refractivity (Wildman–Crippen MR) is 105 cm³/mol. The SMILES string of the molecule is O=[N+]([O-])c1ccc(O)c(-c2nc3ccc4ccccc4c3c3c2CCC3)c1. The van der Waals surface area contributed by atoms with Gasteiger partial charge in [0.2, 0.25) is 0 Å². The van der Waals surface area contributed by atoms with Crippen LogP contribution in [-0.2, 0) is 12.8 Å². The van der Waals surface area contributed by atoms with Crippen LogP contribution in [0.5, 0.6) is 5.75 Å². The number of hydrogen-bond acceptors (Lipinski definition) is 4. The third-order valence-electron chi connectivity index (χ3n) is 5.39. The van der Waals surface area contributed by atoms with Gasteiger partial charge in [-0.1, -0.05) is 30.3 Å². The summed E-state index contributed by atoms with van der Waals surface area (Å²) in [4.78, 5) is 15.6. The van der Waals surface area contributed by atoms with Gasteiger partial charge >= 0.3 is 0 Å². The zero-order valence-electron chi connectivity index (χ0n) is 14.5. The normalized spacial score (nSPS) is 13.2. The molecule has 4 aromatic rings. The Morgan fingerprint density at radius 1 is 1.00 bits per heavy atom. The van der Waals surface area contributed by atoms with Crippen LogP contribution in [0.1, 0.15) is 17.5 Å². The molecule has 0 unspecified atom stereocenters. The smallest absolute Gasteiger partial charge is 0.270 e. The number of nitro benzene ring substituents is 1. The van der Waals surface area contributed by atoms with E-state index in [4.69, 9.17) is 4.98 Å². The van der Waals surface area contributed by atoms with Crippen molar-refractivity contribution in [3.05, 3.63) is 75.8 Å². The van der Waals surface area contributed by atoms with Crippen LogP contribution in [0, 0.1) is 10.1 Å². The van der Waals surface area contributed by atoms with E-state index in [1.165, 1.54) is 34.5 Å². The number of fused-ring (bicyclic) bond motifs is 5. The Balaban J connectivity index is 1.87. The summed E-state index contributed by atoms with van der Waals surface area (Å²) >= 11 is 0. The lowest BCUT2D eigenvalue weighted by Gasteiger charge is -2.14. The highest BCUT2D eigenvalue weighted by Gasteiger charge is 2.24. The number of nitrogens with zero attached hydrogens (tertiary/aromatic N) is 2. The molecule has 0 radical (unpaired) electrons. The van der Waals surface area contributed by atoms with Crippen LogP contribution in [0.4, 0.5) is 5.69 Å². The highest BCUT2D eigenvalue weighted by atomic mass is 16.6. The monoisotopic (exact) mass is 356 g/mol. The van der Waals surface area contributed by atoms with Crippen molar-refractivity contribution in [2.45, 2.75) is 19.3 Å². The summed E-state index contributed by atoms with van der Waals surface area (Å²) < 4.78 is 0. The second kappa shape index (κ2) is 5.77. The van der Waals surface area contributed by atoms with Gasteiger partial charge in [-0.15, -0.1) is 0 Å². The molecule has 0 saturated heterocycles. The number of pyridine rings is 1. The van der Waals surface area contributed by atoms with Gasteiger partial charge in [-0.3, -0.25) is 10.1 Å². The molecule has 1 heterocycles. The van der Waals surface area contributed by atoms with Crippen molar-refractivity contribution >= 4 is 27.4 Å². The number of phenolic OH excluding ortho intramolecular Hbond substituents is 1. The Bertz CT molecular complexity index is 1250. The predicted octanol–water partition coefficient (Wildman–Crippen LogP) is 5.16. The molecule has 5 nitrogen and oxygen atoms in total. The van der Waals surface area contributed by atoms with Crippen LogP contribution in [-0.4, -0.2) is 15.0 Å². The third-order valence-corrected chi connectivity index (χ3v) is 5.39. The first-order chi connectivity index (χ1) is 13.1. The number of phenols is 1. The van der Waals surface area contributed by atoms with Crippen LogP contribution in [0.25, 0.3) is 32.9 Å². The Kier molecular flexibility index (Phi) is 3.37. The number of aromatic hydroxyl groups is 1. The summed E-state index contributed by atoms with van der Waals surface area (Å²) in [7, 11) is 0. The molecular formula is C22H16N2O3. The standard InChI is InChI=1S/C22H16N2O3/c25-20-11-9-14(24(26)27)12-18(20)22-17-7-3-6-16(17)21-15-5-2-1-4-13(15)8-10-19(21)23-22/h1-2,4-5,8-12,25H,3,6-7H2. The van der Waals surface area contributed by atoms with Crippen molar-refractivity contribution in [1.82, 2.24) is 4.98 Å². The van der Waals surface area contributed by atoms with E-state index >= 15 is 0 Å². The van der Waals surface area contributed by atoms with Crippen LogP contribution in [0.15, 0.2) is 54.6 Å². The fraction of sp³-hybridized carbons (Fsp3) is 0.136.